The molecule has 2 aromatic carbocycles. The number of para-hydroxylation sites is 2. The number of halogens is 1. The van der Waals surface area contributed by atoms with E-state index in [-0.39, 0.29) is 18.0 Å². The van der Waals surface area contributed by atoms with E-state index < -0.39 is 5.41 Å². The Labute approximate surface area is 159 Å². The summed E-state index contributed by atoms with van der Waals surface area (Å²) < 4.78 is 25.6. The minimum atomic E-state index is -0.523. The van der Waals surface area contributed by atoms with Gasteiger partial charge in [0.05, 0.1) is 6.54 Å². The zero-order chi connectivity index (χ0) is 19.4. The lowest BCUT2D eigenvalue weighted by Gasteiger charge is -2.31. The van der Waals surface area contributed by atoms with Crippen LogP contribution < -0.4 is 14.8 Å². The molecule has 1 aliphatic heterocycles. The third kappa shape index (κ3) is 4.51. The Morgan fingerprint density at radius 3 is 2.59 bits per heavy atom. The number of likely N-dealkylation sites (N-methyl/N-ethyl adjacent to an activating group) is 1. The minimum Gasteiger partial charge on any atom is -0.486 e. The van der Waals surface area contributed by atoms with Gasteiger partial charge in [0.15, 0.2) is 17.6 Å². The highest BCUT2D eigenvalue weighted by molar-refractivity contribution is 5.74. The molecule has 27 heavy (non-hydrogen) atoms. The largest absolute Gasteiger partial charge is 0.486 e. The van der Waals surface area contributed by atoms with Crippen LogP contribution in [0.2, 0.25) is 0 Å². The van der Waals surface area contributed by atoms with Crippen molar-refractivity contribution in [3.8, 4) is 11.5 Å². The average molecular weight is 372 g/mol. The fraction of sp³-hybridized carbons (Fsp3) is 0.381. The van der Waals surface area contributed by atoms with Gasteiger partial charge in [0, 0.05) is 19.0 Å². The third-order valence-electron chi connectivity index (χ3n) is 4.68. The summed E-state index contributed by atoms with van der Waals surface area (Å²) in [4.78, 5) is 14.0. The molecule has 2 aromatic rings. The van der Waals surface area contributed by atoms with Crippen molar-refractivity contribution in [2.75, 3.05) is 26.7 Å². The third-order valence-corrected chi connectivity index (χ3v) is 4.68. The van der Waals surface area contributed by atoms with Gasteiger partial charge < -0.3 is 19.7 Å². The lowest BCUT2D eigenvalue weighted by molar-refractivity contribution is 0.0714. The summed E-state index contributed by atoms with van der Waals surface area (Å²) >= 11 is 0. The number of nitrogens with zero attached hydrogens (tertiary/aromatic N) is 1. The van der Waals surface area contributed by atoms with E-state index in [0.29, 0.717) is 36.8 Å². The Morgan fingerprint density at radius 2 is 1.85 bits per heavy atom. The van der Waals surface area contributed by atoms with Crippen molar-refractivity contribution in [2.24, 2.45) is 0 Å². The second kappa shape index (κ2) is 7.86. The Hall–Kier alpha value is -2.76. The van der Waals surface area contributed by atoms with Crippen molar-refractivity contribution >= 4 is 6.03 Å². The number of carbonyl (C=O) groups excluding carboxylic acids is 1. The smallest absolute Gasteiger partial charge is 0.317 e. The molecule has 0 aliphatic carbocycles. The molecule has 1 N–H and O–H groups in total. The molecule has 5 nitrogen and oxygen atoms in total. The second-order valence-electron chi connectivity index (χ2n) is 7.40. The van der Waals surface area contributed by atoms with E-state index in [4.69, 9.17) is 9.47 Å². The lowest BCUT2D eigenvalue weighted by Crippen LogP contribution is -2.48. The maximum absolute atomic E-state index is 14.0. The zero-order valence-corrected chi connectivity index (χ0v) is 15.9. The molecule has 2 amide bonds. The fourth-order valence-corrected chi connectivity index (χ4v) is 3.08. The number of amides is 2. The number of ether oxygens (including phenoxy) is 2. The van der Waals surface area contributed by atoms with Crippen LogP contribution in [0.25, 0.3) is 0 Å². The summed E-state index contributed by atoms with van der Waals surface area (Å²) in [6.07, 6.45) is -0.241. The maximum atomic E-state index is 14.0. The standard InChI is InChI=1S/C21H25FN2O3/c1-21(2,16-8-4-5-9-17(16)22)14-23-20(25)24(3)12-15-13-26-18-10-6-7-11-19(18)27-15/h4-11,15H,12-14H2,1-3H3,(H,23,25). The fourth-order valence-electron chi connectivity index (χ4n) is 3.08. The molecule has 1 heterocycles. The molecule has 0 saturated carbocycles. The summed E-state index contributed by atoms with van der Waals surface area (Å²) in [7, 11) is 1.70. The van der Waals surface area contributed by atoms with Gasteiger partial charge in [0.25, 0.3) is 0 Å². The van der Waals surface area contributed by atoms with Crippen LogP contribution in [0, 0.1) is 5.82 Å². The highest BCUT2D eigenvalue weighted by Gasteiger charge is 2.27. The summed E-state index contributed by atoms with van der Waals surface area (Å²) in [6.45, 7) is 4.90. The number of hydrogen-bond donors (Lipinski definition) is 1. The van der Waals surface area contributed by atoms with Crippen LogP contribution in [0.1, 0.15) is 19.4 Å². The van der Waals surface area contributed by atoms with E-state index in [9.17, 15) is 9.18 Å². The summed E-state index contributed by atoms with van der Waals surface area (Å²) in [5.74, 6) is 1.13. The number of nitrogens with one attached hydrogen (secondary N) is 1. The van der Waals surface area contributed by atoms with E-state index in [1.807, 2.05) is 38.1 Å². The first-order chi connectivity index (χ1) is 12.9. The zero-order valence-electron chi connectivity index (χ0n) is 15.9. The van der Waals surface area contributed by atoms with Gasteiger partial charge in [-0.05, 0) is 23.8 Å². The topological polar surface area (TPSA) is 50.8 Å². The predicted molar refractivity (Wildman–Crippen MR) is 102 cm³/mol. The number of benzene rings is 2. The van der Waals surface area contributed by atoms with Crippen LogP contribution in [-0.2, 0) is 5.41 Å². The average Bonchev–Trinajstić information content (AvgIpc) is 2.66. The predicted octanol–water partition coefficient (Wildman–Crippen LogP) is 3.58. The van der Waals surface area contributed by atoms with Crippen molar-refractivity contribution in [3.05, 3.63) is 59.9 Å². The Bertz CT molecular complexity index is 810. The molecule has 0 fully saturated rings. The molecule has 0 spiro atoms. The van der Waals surface area contributed by atoms with Crippen LogP contribution in [-0.4, -0.2) is 43.8 Å². The lowest BCUT2D eigenvalue weighted by atomic mass is 9.84. The Kier molecular flexibility index (Phi) is 5.54. The first-order valence-electron chi connectivity index (χ1n) is 8.99. The van der Waals surface area contributed by atoms with Gasteiger partial charge in [0.2, 0.25) is 0 Å². The molecule has 1 unspecified atom stereocenters. The first-order valence-corrected chi connectivity index (χ1v) is 8.99. The van der Waals surface area contributed by atoms with Gasteiger partial charge in [-0.15, -0.1) is 0 Å². The van der Waals surface area contributed by atoms with Crippen LogP contribution >= 0.6 is 0 Å². The molecule has 0 radical (unpaired) electrons. The van der Waals surface area contributed by atoms with Crippen LogP contribution in [0.5, 0.6) is 11.5 Å². The van der Waals surface area contributed by atoms with Crippen molar-refractivity contribution < 1.29 is 18.7 Å². The Balaban J connectivity index is 1.53. The van der Waals surface area contributed by atoms with E-state index in [2.05, 4.69) is 5.32 Å². The van der Waals surface area contributed by atoms with Gasteiger partial charge in [-0.25, -0.2) is 9.18 Å². The Morgan fingerprint density at radius 1 is 1.19 bits per heavy atom. The SMILES string of the molecule is CN(CC1COc2ccccc2O1)C(=O)NCC(C)(C)c1ccccc1F. The molecular weight excluding hydrogens is 347 g/mol. The van der Waals surface area contributed by atoms with E-state index >= 15 is 0 Å². The number of fused-ring (bicyclic) bond motifs is 1. The summed E-state index contributed by atoms with van der Waals surface area (Å²) in [5.41, 5.74) is 0.0548. The highest BCUT2D eigenvalue weighted by Crippen LogP contribution is 2.31. The van der Waals surface area contributed by atoms with Gasteiger partial charge in [-0.3, -0.25) is 0 Å². The molecule has 0 aromatic heterocycles. The summed E-state index contributed by atoms with van der Waals surface area (Å²) in [6, 6.07) is 13.9. The van der Waals surface area contributed by atoms with E-state index in [0.717, 1.165) is 0 Å². The number of urea groups is 1. The van der Waals surface area contributed by atoms with Crippen LogP contribution in [0.3, 0.4) is 0 Å². The monoisotopic (exact) mass is 372 g/mol. The van der Waals surface area contributed by atoms with Crippen molar-refractivity contribution in [3.63, 3.8) is 0 Å². The molecule has 6 heteroatoms. The van der Waals surface area contributed by atoms with E-state index in [1.165, 1.54) is 6.07 Å². The molecule has 1 atom stereocenters. The van der Waals surface area contributed by atoms with Crippen molar-refractivity contribution in [2.45, 2.75) is 25.4 Å². The molecule has 0 saturated heterocycles. The molecule has 144 valence electrons. The molecular formula is C21H25FN2O3. The van der Waals surface area contributed by atoms with Gasteiger partial charge in [0.1, 0.15) is 12.4 Å². The highest BCUT2D eigenvalue weighted by atomic mass is 19.1. The van der Waals surface area contributed by atoms with Crippen LogP contribution in [0.4, 0.5) is 9.18 Å². The quantitative estimate of drug-likeness (QED) is 0.873. The van der Waals surface area contributed by atoms with Crippen molar-refractivity contribution in [1.29, 1.82) is 0 Å². The van der Waals surface area contributed by atoms with E-state index in [1.54, 1.807) is 30.1 Å². The molecule has 1 aliphatic rings. The first kappa shape index (κ1) is 19.0. The normalized spacial score (nSPS) is 15.9. The molecule has 0 bridgehead atoms. The maximum Gasteiger partial charge on any atom is 0.317 e. The van der Waals surface area contributed by atoms with Gasteiger partial charge in [-0.1, -0.05) is 44.2 Å². The number of hydrogen-bond acceptors (Lipinski definition) is 3. The summed E-state index contributed by atoms with van der Waals surface area (Å²) in [5, 5.41) is 2.88. The number of rotatable bonds is 5. The number of carbonyl (C=O) groups is 1. The minimum absolute atomic E-state index is 0.234. The second-order valence-corrected chi connectivity index (χ2v) is 7.40. The van der Waals surface area contributed by atoms with Gasteiger partial charge >= 0.3 is 6.03 Å². The van der Waals surface area contributed by atoms with Crippen LogP contribution in [0.15, 0.2) is 48.5 Å². The van der Waals surface area contributed by atoms with Gasteiger partial charge in [-0.2, -0.15) is 0 Å². The molecule has 3 rings (SSSR count). The van der Waals surface area contributed by atoms with Crippen molar-refractivity contribution in [1.82, 2.24) is 10.2 Å².